The van der Waals surface area contributed by atoms with Crippen LogP contribution in [0.25, 0.3) is 11.6 Å². The molecule has 0 heterocycles. The lowest BCUT2D eigenvalue weighted by atomic mass is 10.0. The highest BCUT2D eigenvalue weighted by atomic mass is 28.4. The molecule has 216 valence electrons. The Morgan fingerprint density at radius 2 is 1.46 bits per heavy atom. The Balaban J connectivity index is 2.46. The molecule has 2 rings (SSSR count). The number of unbranched alkanes of at least 4 members (excludes halogenated alkanes) is 4. The molecule has 2 aromatic carbocycles. The summed E-state index contributed by atoms with van der Waals surface area (Å²) in [4.78, 5) is 12.3. The SMILES string of the molecule is CCCCCOc1ccc(/C=C(\CO[Si](C)(C)C(C)(C)C)c2cccc(C(=O)OC)c2)cc1OCCCCC. The van der Waals surface area contributed by atoms with Gasteiger partial charge < -0.3 is 18.6 Å². The van der Waals surface area contributed by atoms with Gasteiger partial charge in [0.1, 0.15) is 0 Å². The highest BCUT2D eigenvalue weighted by Gasteiger charge is 2.37. The largest absolute Gasteiger partial charge is 0.490 e. The van der Waals surface area contributed by atoms with E-state index in [1.165, 1.54) is 7.11 Å². The van der Waals surface area contributed by atoms with Crippen LogP contribution in [-0.2, 0) is 9.16 Å². The number of hydrogen-bond donors (Lipinski definition) is 0. The van der Waals surface area contributed by atoms with Gasteiger partial charge in [0.25, 0.3) is 0 Å². The van der Waals surface area contributed by atoms with Crippen LogP contribution in [0.3, 0.4) is 0 Å². The van der Waals surface area contributed by atoms with E-state index in [4.69, 9.17) is 18.6 Å². The van der Waals surface area contributed by atoms with E-state index >= 15 is 0 Å². The van der Waals surface area contributed by atoms with Crippen molar-refractivity contribution in [2.75, 3.05) is 26.9 Å². The van der Waals surface area contributed by atoms with E-state index in [1.54, 1.807) is 6.07 Å². The van der Waals surface area contributed by atoms with Crippen molar-refractivity contribution in [3.8, 4) is 11.5 Å². The molecule has 0 amide bonds. The number of rotatable bonds is 16. The zero-order valence-corrected chi connectivity index (χ0v) is 26.5. The third kappa shape index (κ3) is 10.5. The van der Waals surface area contributed by atoms with Crippen molar-refractivity contribution >= 4 is 25.9 Å². The maximum Gasteiger partial charge on any atom is 0.337 e. The Labute approximate surface area is 238 Å². The molecule has 5 nitrogen and oxygen atoms in total. The molecule has 0 atom stereocenters. The molecule has 0 unspecified atom stereocenters. The second-order valence-electron chi connectivity index (χ2n) is 11.6. The van der Waals surface area contributed by atoms with Crippen molar-refractivity contribution in [3.63, 3.8) is 0 Å². The van der Waals surface area contributed by atoms with Gasteiger partial charge in [0.15, 0.2) is 19.8 Å². The van der Waals surface area contributed by atoms with E-state index in [0.717, 1.165) is 66.7 Å². The minimum Gasteiger partial charge on any atom is -0.490 e. The molecule has 39 heavy (non-hydrogen) atoms. The number of ether oxygens (including phenoxy) is 3. The van der Waals surface area contributed by atoms with Crippen LogP contribution >= 0.6 is 0 Å². The predicted octanol–water partition coefficient (Wildman–Crippen LogP) is 9.17. The van der Waals surface area contributed by atoms with Crippen LogP contribution in [0.4, 0.5) is 0 Å². The number of hydrogen-bond acceptors (Lipinski definition) is 5. The van der Waals surface area contributed by atoms with E-state index in [2.05, 4.69) is 65.9 Å². The van der Waals surface area contributed by atoms with Crippen molar-refractivity contribution in [3.05, 3.63) is 59.2 Å². The molecule has 0 N–H and O–H groups in total. The number of esters is 1. The Hall–Kier alpha value is -2.57. The van der Waals surface area contributed by atoms with Gasteiger partial charge >= 0.3 is 5.97 Å². The van der Waals surface area contributed by atoms with Crippen molar-refractivity contribution in [1.82, 2.24) is 0 Å². The van der Waals surface area contributed by atoms with Gasteiger partial charge in [0, 0.05) is 0 Å². The minimum atomic E-state index is -2.00. The molecule has 0 aromatic heterocycles. The molecule has 0 aliphatic rings. The summed E-state index contributed by atoms with van der Waals surface area (Å²) in [5, 5.41) is 0.0856. The summed E-state index contributed by atoms with van der Waals surface area (Å²) in [5.74, 6) is 1.20. The fourth-order valence-electron chi connectivity index (χ4n) is 3.76. The van der Waals surface area contributed by atoms with E-state index < -0.39 is 8.32 Å². The smallest absolute Gasteiger partial charge is 0.337 e. The quantitative estimate of drug-likeness (QED) is 0.0896. The van der Waals surface area contributed by atoms with Crippen molar-refractivity contribution < 1.29 is 23.4 Å². The summed E-state index contributed by atoms with van der Waals surface area (Å²) >= 11 is 0. The Bertz CT molecular complexity index is 1070. The summed E-state index contributed by atoms with van der Waals surface area (Å²) in [6.07, 6.45) is 8.76. The molecule has 0 saturated carbocycles. The summed E-state index contributed by atoms with van der Waals surface area (Å²) in [6, 6.07) is 13.7. The second-order valence-corrected chi connectivity index (χ2v) is 16.4. The van der Waals surface area contributed by atoms with Crippen LogP contribution < -0.4 is 9.47 Å². The van der Waals surface area contributed by atoms with Crippen LogP contribution in [-0.4, -0.2) is 41.2 Å². The Kier molecular flexibility index (Phi) is 13.3. The second kappa shape index (κ2) is 15.9. The van der Waals surface area contributed by atoms with E-state index in [1.807, 2.05) is 24.3 Å². The van der Waals surface area contributed by atoms with Crippen LogP contribution in [0.1, 0.15) is 94.6 Å². The number of carbonyl (C=O) groups is 1. The molecule has 0 saturated heterocycles. The zero-order chi connectivity index (χ0) is 28.9. The molecule has 6 heteroatoms. The minimum absolute atomic E-state index is 0.0856. The molecular weight excluding hydrogens is 504 g/mol. The normalized spacial score (nSPS) is 12.4. The fraction of sp³-hybridized carbons (Fsp3) is 0.545. The van der Waals surface area contributed by atoms with E-state index in [-0.39, 0.29) is 11.0 Å². The first-order valence-corrected chi connectivity index (χ1v) is 17.4. The molecule has 0 spiro atoms. The molecule has 2 aromatic rings. The van der Waals surface area contributed by atoms with Crippen LogP contribution in [0.2, 0.25) is 18.1 Å². The first-order chi connectivity index (χ1) is 18.5. The third-order valence-electron chi connectivity index (χ3n) is 7.37. The summed E-state index contributed by atoms with van der Waals surface area (Å²) in [6.45, 7) is 17.4. The molecule has 0 aliphatic carbocycles. The summed E-state index contributed by atoms with van der Waals surface area (Å²) in [5.41, 5.74) is 3.45. The van der Waals surface area contributed by atoms with E-state index in [0.29, 0.717) is 25.4 Å². The number of methoxy groups -OCH3 is 1. The highest BCUT2D eigenvalue weighted by molar-refractivity contribution is 6.74. The van der Waals surface area contributed by atoms with Crippen LogP contribution in [0.15, 0.2) is 42.5 Å². The standard InChI is InChI=1S/C33H50O5Si/c1-9-11-13-20-36-30-19-18-26(23-31(30)37-21-14-12-10-2)22-29(25-38-39(7,8)33(3,4)5)27-16-15-17-28(24-27)32(34)35-6/h15-19,22-24H,9-14,20-21,25H2,1-8H3/b29-22+. The average molecular weight is 555 g/mol. The van der Waals surface area contributed by atoms with Gasteiger partial charge in [-0.25, -0.2) is 4.79 Å². The van der Waals surface area contributed by atoms with Crippen molar-refractivity contribution in [2.45, 2.75) is 91.3 Å². The first kappa shape index (κ1) is 32.6. The maximum absolute atomic E-state index is 12.3. The van der Waals surface area contributed by atoms with Gasteiger partial charge in [-0.1, -0.05) is 78.5 Å². The van der Waals surface area contributed by atoms with Crippen LogP contribution in [0, 0.1) is 0 Å². The first-order valence-electron chi connectivity index (χ1n) is 14.4. The van der Waals surface area contributed by atoms with Gasteiger partial charge in [-0.2, -0.15) is 0 Å². The molecular formula is C33H50O5Si. The lowest BCUT2D eigenvalue weighted by Crippen LogP contribution is -2.41. The van der Waals surface area contributed by atoms with Gasteiger partial charge in [0.05, 0.1) is 32.5 Å². The topological polar surface area (TPSA) is 54.0 Å². The Morgan fingerprint density at radius 1 is 0.846 bits per heavy atom. The molecule has 0 bridgehead atoms. The lowest BCUT2D eigenvalue weighted by Gasteiger charge is -2.36. The maximum atomic E-state index is 12.3. The van der Waals surface area contributed by atoms with Gasteiger partial charge in [0.2, 0.25) is 0 Å². The van der Waals surface area contributed by atoms with Gasteiger partial charge in [-0.3, -0.25) is 0 Å². The third-order valence-corrected chi connectivity index (χ3v) is 11.8. The van der Waals surface area contributed by atoms with E-state index in [9.17, 15) is 4.79 Å². The highest BCUT2D eigenvalue weighted by Crippen LogP contribution is 2.38. The van der Waals surface area contributed by atoms with Gasteiger partial charge in [-0.15, -0.1) is 0 Å². The van der Waals surface area contributed by atoms with Crippen molar-refractivity contribution in [2.24, 2.45) is 0 Å². The summed E-state index contributed by atoms with van der Waals surface area (Å²) in [7, 11) is -0.602. The lowest BCUT2D eigenvalue weighted by molar-refractivity contribution is 0.0600. The van der Waals surface area contributed by atoms with Crippen LogP contribution in [0.5, 0.6) is 11.5 Å². The molecule has 0 radical (unpaired) electrons. The number of benzene rings is 2. The Morgan fingerprint density at radius 3 is 2.05 bits per heavy atom. The zero-order valence-electron chi connectivity index (χ0n) is 25.5. The monoisotopic (exact) mass is 554 g/mol. The fourth-order valence-corrected chi connectivity index (χ4v) is 4.71. The summed E-state index contributed by atoms with van der Waals surface area (Å²) < 4.78 is 23.9. The number of carbonyl (C=O) groups excluding carboxylic acids is 1. The molecule has 0 fully saturated rings. The van der Waals surface area contributed by atoms with Gasteiger partial charge in [-0.05, 0) is 78.0 Å². The molecule has 0 aliphatic heterocycles. The van der Waals surface area contributed by atoms with Crippen molar-refractivity contribution in [1.29, 1.82) is 0 Å². The predicted molar refractivity (Wildman–Crippen MR) is 165 cm³/mol. The average Bonchev–Trinajstić information content (AvgIpc) is 2.91.